The lowest BCUT2D eigenvalue weighted by Crippen LogP contribution is -2.32. The standard InChI is InChI=1S/C29H26Cl2N4O2S/c1-2-18-8-3-4-11-21(18)33-25(36)15-17-35-28(27(34-29(35)38)22-12-5-6-16-32-22)24-14-13-23(37-24)19-9-7-10-20(30)26(19)31/h3-14,16,27-28H,2,15,17H2,1H3,(H,33,36)(H,34,38)/t27-,28+/m0/s1. The number of anilines is 1. The highest BCUT2D eigenvalue weighted by Gasteiger charge is 2.41. The number of halogens is 2. The van der Waals surface area contributed by atoms with Crippen molar-refractivity contribution in [2.75, 3.05) is 11.9 Å². The molecular formula is C29H26Cl2N4O2S. The fraction of sp³-hybridized carbons (Fsp3) is 0.207. The topological polar surface area (TPSA) is 70.4 Å². The SMILES string of the molecule is CCc1ccccc1NC(=O)CCN1C(=S)N[C@@H](c2ccccn2)[C@H]1c1ccc(-c2cccc(Cl)c2Cl)o1. The first-order valence-corrected chi connectivity index (χ1v) is 13.5. The van der Waals surface area contributed by atoms with Gasteiger partial charge in [0.2, 0.25) is 5.91 Å². The molecule has 1 aliphatic rings. The molecule has 0 radical (unpaired) electrons. The lowest BCUT2D eigenvalue weighted by atomic mass is 10.0. The lowest BCUT2D eigenvalue weighted by molar-refractivity contribution is -0.116. The maximum atomic E-state index is 12.9. The summed E-state index contributed by atoms with van der Waals surface area (Å²) in [5.41, 5.74) is 3.45. The average Bonchev–Trinajstić information content (AvgIpc) is 3.54. The fourth-order valence-electron chi connectivity index (χ4n) is 4.69. The number of aromatic nitrogens is 1. The summed E-state index contributed by atoms with van der Waals surface area (Å²) in [4.78, 5) is 19.5. The molecule has 38 heavy (non-hydrogen) atoms. The van der Waals surface area contributed by atoms with Crippen molar-refractivity contribution in [1.29, 1.82) is 0 Å². The molecule has 4 aromatic rings. The van der Waals surface area contributed by atoms with Gasteiger partial charge in [0.15, 0.2) is 5.11 Å². The summed E-state index contributed by atoms with van der Waals surface area (Å²) < 4.78 is 6.34. The third kappa shape index (κ3) is 5.41. The van der Waals surface area contributed by atoms with Crippen molar-refractivity contribution in [3.8, 4) is 11.3 Å². The van der Waals surface area contributed by atoms with Gasteiger partial charge in [-0.05, 0) is 66.7 Å². The Kier molecular flexibility index (Phi) is 7.98. The molecule has 1 amide bonds. The number of hydrogen-bond acceptors (Lipinski definition) is 4. The minimum Gasteiger partial charge on any atom is -0.459 e. The van der Waals surface area contributed by atoms with Gasteiger partial charge in [0.25, 0.3) is 0 Å². The molecule has 1 aliphatic heterocycles. The molecule has 2 atom stereocenters. The van der Waals surface area contributed by atoms with Gasteiger partial charge in [-0.3, -0.25) is 9.78 Å². The van der Waals surface area contributed by atoms with Gasteiger partial charge >= 0.3 is 0 Å². The van der Waals surface area contributed by atoms with Crippen LogP contribution in [0.4, 0.5) is 5.69 Å². The zero-order chi connectivity index (χ0) is 26.6. The predicted octanol–water partition coefficient (Wildman–Crippen LogP) is 7.21. The number of rotatable bonds is 8. The van der Waals surface area contributed by atoms with Crippen LogP contribution in [0.25, 0.3) is 11.3 Å². The van der Waals surface area contributed by atoms with E-state index in [2.05, 4.69) is 22.5 Å². The van der Waals surface area contributed by atoms with Crippen LogP contribution < -0.4 is 10.6 Å². The number of amides is 1. The van der Waals surface area contributed by atoms with Gasteiger partial charge in [-0.15, -0.1) is 0 Å². The van der Waals surface area contributed by atoms with Gasteiger partial charge in [0.1, 0.15) is 17.6 Å². The molecule has 5 rings (SSSR count). The van der Waals surface area contributed by atoms with Crippen LogP contribution in [0.2, 0.25) is 10.0 Å². The number of pyridine rings is 1. The van der Waals surface area contributed by atoms with E-state index in [9.17, 15) is 4.79 Å². The smallest absolute Gasteiger partial charge is 0.226 e. The Morgan fingerprint density at radius 2 is 1.89 bits per heavy atom. The summed E-state index contributed by atoms with van der Waals surface area (Å²) in [5, 5.41) is 7.84. The Bertz CT molecular complexity index is 1460. The molecule has 9 heteroatoms. The molecule has 194 valence electrons. The van der Waals surface area contributed by atoms with Crippen LogP contribution in [0, 0.1) is 0 Å². The number of carbonyl (C=O) groups is 1. The van der Waals surface area contributed by atoms with Gasteiger partial charge in [0, 0.05) is 30.4 Å². The van der Waals surface area contributed by atoms with Gasteiger partial charge in [-0.25, -0.2) is 0 Å². The molecule has 6 nitrogen and oxygen atoms in total. The zero-order valence-electron chi connectivity index (χ0n) is 20.7. The third-order valence-corrected chi connectivity index (χ3v) is 7.76. The van der Waals surface area contributed by atoms with Crippen molar-refractivity contribution in [2.45, 2.75) is 31.8 Å². The summed E-state index contributed by atoms with van der Waals surface area (Å²) in [6.07, 6.45) is 2.83. The summed E-state index contributed by atoms with van der Waals surface area (Å²) in [7, 11) is 0. The predicted molar refractivity (Wildman–Crippen MR) is 155 cm³/mol. The van der Waals surface area contributed by atoms with E-state index in [4.69, 9.17) is 39.8 Å². The molecule has 2 aromatic heterocycles. The van der Waals surface area contributed by atoms with Crippen LogP contribution in [-0.4, -0.2) is 27.4 Å². The van der Waals surface area contributed by atoms with Crippen LogP contribution in [0.5, 0.6) is 0 Å². The van der Waals surface area contributed by atoms with Crippen LogP contribution >= 0.6 is 35.4 Å². The highest BCUT2D eigenvalue weighted by Crippen LogP contribution is 2.42. The van der Waals surface area contributed by atoms with E-state index >= 15 is 0 Å². The second kappa shape index (κ2) is 11.6. The van der Waals surface area contributed by atoms with E-state index in [0.29, 0.717) is 38.8 Å². The number of nitrogens with zero attached hydrogens (tertiary/aromatic N) is 2. The van der Waals surface area contributed by atoms with E-state index in [1.807, 2.05) is 71.6 Å². The Labute approximate surface area is 237 Å². The zero-order valence-corrected chi connectivity index (χ0v) is 23.0. The normalized spacial score (nSPS) is 16.9. The summed E-state index contributed by atoms with van der Waals surface area (Å²) in [5.74, 6) is 1.19. The maximum absolute atomic E-state index is 12.9. The average molecular weight is 566 g/mol. The van der Waals surface area contributed by atoms with Gasteiger partial charge in [0.05, 0.1) is 21.8 Å². The van der Waals surface area contributed by atoms with Crippen molar-refractivity contribution < 1.29 is 9.21 Å². The Morgan fingerprint density at radius 1 is 1.08 bits per heavy atom. The highest BCUT2D eigenvalue weighted by molar-refractivity contribution is 7.80. The van der Waals surface area contributed by atoms with Crippen molar-refractivity contribution in [2.24, 2.45) is 0 Å². The Morgan fingerprint density at radius 3 is 2.68 bits per heavy atom. The second-order valence-electron chi connectivity index (χ2n) is 8.93. The molecule has 3 heterocycles. The van der Waals surface area contributed by atoms with Crippen LogP contribution in [0.15, 0.2) is 83.4 Å². The summed E-state index contributed by atoms with van der Waals surface area (Å²) >= 11 is 18.4. The van der Waals surface area contributed by atoms with E-state index in [1.54, 1.807) is 12.3 Å². The number of carbonyl (C=O) groups excluding carboxylic acids is 1. The first kappa shape index (κ1) is 26.2. The monoisotopic (exact) mass is 564 g/mol. The lowest BCUT2D eigenvalue weighted by Gasteiger charge is -2.26. The molecule has 0 aliphatic carbocycles. The Hall–Kier alpha value is -3.39. The molecule has 0 saturated carbocycles. The molecule has 2 N–H and O–H groups in total. The molecule has 0 unspecified atom stereocenters. The van der Waals surface area contributed by atoms with Crippen molar-refractivity contribution in [3.63, 3.8) is 0 Å². The third-order valence-electron chi connectivity index (χ3n) is 6.59. The minimum absolute atomic E-state index is 0.0837. The Balaban J connectivity index is 1.41. The summed E-state index contributed by atoms with van der Waals surface area (Å²) in [6.45, 7) is 2.46. The largest absolute Gasteiger partial charge is 0.459 e. The van der Waals surface area contributed by atoms with Crippen LogP contribution in [0.3, 0.4) is 0 Å². The van der Waals surface area contributed by atoms with Crippen LogP contribution in [-0.2, 0) is 11.2 Å². The maximum Gasteiger partial charge on any atom is 0.226 e. The number of nitrogens with one attached hydrogen (secondary N) is 2. The number of aryl methyl sites for hydroxylation is 1. The number of thiocarbonyl (C=S) groups is 1. The van der Waals surface area contributed by atoms with E-state index < -0.39 is 0 Å². The quantitative estimate of drug-likeness (QED) is 0.220. The number of para-hydroxylation sites is 1. The first-order valence-electron chi connectivity index (χ1n) is 12.4. The molecule has 0 spiro atoms. The molecule has 1 fully saturated rings. The molecule has 0 bridgehead atoms. The van der Waals surface area contributed by atoms with Crippen molar-refractivity contribution >= 4 is 52.1 Å². The van der Waals surface area contributed by atoms with E-state index in [-0.39, 0.29) is 24.4 Å². The molecule has 2 aromatic carbocycles. The first-order chi connectivity index (χ1) is 18.5. The second-order valence-corrected chi connectivity index (χ2v) is 10.1. The fourth-order valence-corrected chi connectivity index (χ4v) is 5.42. The van der Waals surface area contributed by atoms with Crippen molar-refractivity contribution in [3.05, 3.63) is 106 Å². The number of furan rings is 1. The van der Waals surface area contributed by atoms with Crippen molar-refractivity contribution in [1.82, 2.24) is 15.2 Å². The molecule has 1 saturated heterocycles. The minimum atomic E-state index is -0.320. The van der Waals surface area contributed by atoms with Gasteiger partial charge in [-0.1, -0.05) is 60.5 Å². The van der Waals surface area contributed by atoms with E-state index in [1.165, 1.54) is 0 Å². The number of hydrogen-bond donors (Lipinski definition) is 2. The van der Waals surface area contributed by atoms with Gasteiger partial charge in [-0.2, -0.15) is 0 Å². The number of benzene rings is 2. The van der Waals surface area contributed by atoms with Crippen LogP contribution in [0.1, 0.15) is 42.4 Å². The molecular weight excluding hydrogens is 539 g/mol. The van der Waals surface area contributed by atoms with Gasteiger partial charge < -0.3 is 20.0 Å². The summed E-state index contributed by atoms with van der Waals surface area (Å²) in [6, 6.07) is 22.2. The highest BCUT2D eigenvalue weighted by atomic mass is 35.5. The van der Waals surface area contributed by atoms with E-state index in [0.717, 1.165) is 23.4 Å².